The average molecular weight is 210 g/mol. The molecule has 1 atom stereocenters. The van der Waals surface area contributed by atoms with Crippen LogP contribution in [0.3, 0.4) is 0 Å². The highest BCUT2D eigenvalue weighted by molar-refractivity contribution is 7.89. The molecule has 1 unspecified atom stereocenters. The van der Waals surface area contributed by atoms with E-state index >= 15 is 0 Å². The van der Waals surface area contributed by atoms with Crippen LogP contribution in [0.4, 0.5) is 0 Å². The molecule has 0 amide bonds. The molecule has 0 aromatic rings. The summed E-state index contributed by atoms with van der Waals surface area (Å²) in [5, 5.41) is 11.8. The first-order valence-corrected chi connectivity index (χ1v) is 5.77. The molecule has 0 spiro atoms. The Morgan fingerprint density at radius 2 is 2.08 bits per heavy atom. The lowest BCUT2D eigenvalue weighted by molar-refractivity contribution is 0.171. The third-order valence-corrected chi connectivity index (χ3v) is 3.43. The molecule has 0 aliphatic heterocycles. The standard InChI is InChI=1S/C7H18N2O3S/c1-7(10)6-9(3)13(11,12)5-4-8-2/h7-8,10H,4-6H2,1-3H3. The fraction of sp³-hybridized carbons (Fsp3) is 1.00. The Balaban J connectivity index is 4.12. The minimum absolute atomic E-state index is 0.0622. The number of hydrogen-bond acceptors (Lipinski definition) is 4. The SMILES string of the molecule is CNCCS(=O)(=O)N(C)CC(C)O. The van der Waals surface area contributed by atoms with Gasteiger partial charge in [-0.25, -0.2) is 12.7 Å². The minimum Gasteiger partial charge on any atom is -0.392 e. The summed E-state index contributed by atoms with van der Waals surface area (Å²) >= 11 is 0. The Kier molecular flexibility index (Phi) is 5.46. The molecule has 0 rings (SSSR count). The van der Waals surface area contributed by atoms with E-state index in [-0.39, 0.29) is 12.3 Å². The van der Waals surface area contributed by atoms with Gasteiger partial charge in [0.05, 0.1) is 11.9 Å². The van der Waals surface area contributed by atoms with Gasteiger partial charge in [0, 0.05) is 20.1 Å². The number of likely N-dealkylation sites (N-methyl/N-ethyl adjacent to an activating group) is 1. The lowest BCUT2D eigenvalue weighted by Gasteiger charge is -2.18. The molecule has 0 aliphatic carbocycles. The third-order valence-electron chi connectivity index (χ3n) is 1.61. The number of hydrogen-bond donors (Lipinski definition) is 2. The summed E-state index contributed by atoms with van der Waals surface area (Å²) in [5.74, 6) is 0.0622. The van der Waals surface area contributed by atoms with E-state index in [0.717, 1.165) is 0 Å². The summed E-state index contributed by atoms with van der Waals surface area (Å²) in [7, 11) is -0.0381. The van der Waals surface area contributed by atoms with Crippen LogP contribution in [0.15, 0.2) is 0 Å². The first kappa shape index (κ1) is 12.8. The van der Waals surface area contributed by atoms with Gasteiger partial charge in [-0.2, -0.15) is 0 Å². The zero-order valence-electron chi connectivity index (χ0n) is 8.32. The van der Waals surface area contributed by atoms with E-state index in [9.17, 15) is 8.42 Å². The van der Waals surface area contributed by atoms with Gasteiger partial charge in [-0.05, 0) is 14.0 Å². The number of aliphatic hydroxyl groups excluding tert-OH is 1. The summed E-state index contributed by atoms with van der Waals surface area (Å²) < 4.78 is 24.0. The van der Waals surface area contributed by atoms with Crippen molar-refractivity contribution < 1.29 is 13.5 Å². The molecule has 0 aromatic carbocycles. The minimum atomic E-state index is -3.21. The number of nitrogens with zero attached hydrogens (tertiary/aromatic N) is 1. The molecule has 0 aromatic heterocycles. The molecule has 13 heavy (non-hydrogen) atoms. The molecule has 0 radical (unpaired) electrons. The molecule has 80 valence electrons. The quantitative estimate of drug-likeness (QED) is 0.581. The molecule has 0 bridgehead atoms. The molecular weight excluding hydrogens is 192 g/mol. The molecule has 0 heterocycles. The van der Waals surface area contributed by atoms with Crippen molar-refractivity contribution in [3.63, 3.8) is 0 Å². The number of sulfonamides is 1. The second-order valence-corrected chi connectivity index (χ2v) is 5.24. The van der Waals surface area contributed by atoms with Crippen molar-refractivity contribution in [2.24, 2.45) is 0 Å². The molecule has 0 saturated carbocycles. The highest BCUT2D eigenvalue weighted by atomic mass is 32.2. The maximum Gasteiger partial charge on any atom is 0.215 e. The second-order valence-electron chi connectivity index (χ2n) is 3.05. The maximum absolute atomic E-state index is 11.4. The Labute approximate surface area is 79.8 Å². The van der Waals surface area contributed by atoms with Crippen LogP contribution < -0.4 is 5.32 Å². The van der Waals surface area contributed by atoms with E-state index in [0.29, 0.717) is 6.54 Å². The lowest BCUT2D eigenvalue weighted by atomic mass is 10.4. The van der Waals surface area contributed by atoms with Crippen LogP contribution in [0, 0.1) is 0 Å². The number of rotatable bonds is 6. The van der Waals surface area contributed by atoms with Crippen LogP contribution in [0.2, 0.25) is 0 Å². The molecule has 0 aliphatic rings. The summed E-state index contributed by atoms with van der Waals surface area (Å²) in [6.07, 6.45) is -0.630. The van der Waals surface area contributed by atoms with Gasteiger partial charge < -0.3 is 10.4 Å². The first-order chi connectivity index (χ1) is 5.90. The summed E-state index contributed by atoms with van der Waals surface area (Å²) in [5.41, 5.74) is 0. The zero-order chi connectivity index (χ0) is 10.5. The Hall–Kier alpha value is -0.170. The van der Waals surface area contributed by atoms with Crippen molar-refractivity contribution in [3.8, 4) is 0 Å². The highest BCUT2D eigenvalue weighted by Crippen LogP contribution is 1.98. The third kappa shape index (κ3) is 5.20. The van der Waals surface area contributed by atoms with E-state index in [1.807, 2.05) is 0 Å². The average Bonchev–Trinajstić information content (AvgIpc) is 1.99. The summed E-state index contributed by atoms with van der Waals surface area (Å²) in [6, 6.07) is 0. The largest absolute Gasteiger partial charge is 0.392 e. The fourth-order valence-electron chi connectivity index (χ4n) is 0.873. The monoisotopic (exact) mass is 210 g/mol. The second kappa shape index (κ2) is 5.54. The van der Waals surface area contributed by atoms with Crippen LogP contribution in [-0.4, -0.2) is 56.9 Å². The smallest absolute Gasteiger partial charge is 0.215 e. The van der Waals surface area contributed by atoms with Crippen molar-refractivity contribution in [1.82, 2.24) is 9.62 Å². The molecule has 0 saturated heterocycles. The van der Waals surface area contributed by atoms with Crippen molar-refractivity contribution in [2.45, 2.75) is 13.0 Å². The van der Waals surface area contributed by atoms with E-state index in [4.69, 9.17) is 5.11 Å². The molecule has 5 nitrogen and oxygen atoms in total. The predicted molar refractivity (Wildman–Crippen MR) is 52.0 cm³/mol. The van der Waals surface area contributed by atoms with Gasteiger partial charge in [0.1, 0.15) is 0 Å². The van der Waals surface area contributed by atoms with Crippen LogP contribution >= 0.6 is 0 Å². The normalized spacial score (nSPS) is 14.8. The van der Waals surface area contributed by atoms with Crippen LogP contribution in [0.25, 0.3) is 0 Å². The molecule has 2 N–H and O–H groups in total. The highest BCUT2D eigenvalue weighted by Gasteiger charge is 2.17. The van der Waals surface area contributed by atoms with Gasteiger partial charge >= 0.3 is 0 Å². The zero-order valence-corrected chi connectivity index (χ0v) is 9.13. The summed E-state index contributed by atoms with van der Waals surface area (Å²) in [4.78, 5) is 0. The van der Waals surface area contributed by atoms with E-state index in [2.05, 4.69) is 5.32 Å². The van der Waals surface area contributed by atoms with Crippen molar-refractivity contribution in [1.29, 1.82) is 0 Å². The molecule has 0 fully saturated rings. The topological polar surface area (TPSA) is 69.6 Å². The predicted octanol–water partition coefficient (Wildman–Crippen LogP) is -1.15. The van der Waals surface area contributed by atoms with Gasteiger partial charge in [-0.3, -0.25) is 0 Å². The van der Waals surface area contributed by atoms with Gasteiger partial charge in [-0.15, -0.1) is 0 Å². The van der Waals surface area contributed by atoms with Crippen molar-refractivity contribution in [2.75, 3.05) is 32.9 Å². The Bertz CT molecular complexity index is 226. The van der Waals surface area contributed by atoms with Gasteiger partial charge in [0.25, 0.3) is 0 Å². The summed E-state index contributed by atoms with van der Waals surface area (Å²) in [6.45, 7) is 2.13. The molecule has 6 heteroatoms. The van der Waals surface area contributed by atoms with E-state index in [1.165, 1.54) is 11.4 Å². The van der Waals surface area contributed by atoms with Gasteiger partial charge in [0.2, 0.25) is 10.0 Å². The van der Waals surface area contributed by atoms with Crippen molar-refractivity contribution >= 4 is 10.0 Å². The van der Waals surface area contributed by atoms with E-state index in [1.54, 1.807) is 14.0 Å². The van der Waals surface area contributed by atoms with Gasteiger partial charge in [-0.1, -0.05) is 0 Å². The van der Waals surface area contributed by atoms with E-state index < -0.39 is 16.1 Å². The first-order valence-electron chi connectivity index (χ1n) is 4.17. The van der Waals surface area contributed by atoms with Crippen LogP contribution in [0.5, 0.6) is 0 Å². The lowest BCUT2D eigenvalue weighted by Crippen LogP contribution is -2.36. The van der Waals surface area contributed by atoms with Gasteiger partial charge in [0.15, 0.2) is 0 Å². The number of aliphatic hydroxyl groups is 1. The fourth-order valence-corrected chi connectivity index (χ4v) is 2.09. The number of nitrogens with one attached hydrogen (secondary N) is 1. The molecular formula is C7H18N2O3S. The Morgan fingerprint density at radius 1 is 1.54 bits per heavy atom. The Morgan fingerprint density at radius 3 is 2.46 bits per heavy atom. The maximum atomic E-state index is 11.4. The van der Waals surface area contributed by atoms with Crippen LogP contribution in [-0.2, 0) is 10.0 Å². The van der Waals surface area contributed by atoms with Crippen molar-refractivity contribution in [3.05, 3.63) is 0 Å². The van der Waals surface area contributed by atoms with Crippen LogP contribution in [0.1, 0.15) is 6.92 Å².